The topological polar surface area (TPSA) is 30.2 Å². The highest BCUT2D eigenvalue weighted by Gasteiger charge is 2.17. The summed E-state index contributed by atoms with van der Waals surface area (Å²) in [7, 11) is 0. The Morgan fingerprint density at radius 1 is 0.960 bits per heavy atom. The van der Waals surface area contributed by atoms with Crippen LogP contribution in [-0.2, 0) is 0 Å². The van der Waals surface area contributed by atoms with Gasteiger partial charge >= 0.3 is 0 Å². The van der Waals surface area contributed by atoms with E-state index >= 15 is 0 Å². The fourth-order valence-electron chi connectivity index (χ4n) is 2.88. The van der Waals surface area contributed by atoms with Crippen molar-refractivity contribution in [1.29, 1.82) is 0 Å². The third-order valence-corrected chi connectivity index (χ3v) is 5.07. The number of imidazole rings is 1. The molecule has 0 saturated heterocycles. The highest BCUT2D eigenvalue weighted by atomic mass is 35.5. The number of rotatable bonds is 3. The molecule has 0 fully saturated rings. The minimum absolute atomic E-state index is 0.693. The Morgan fingerprint density at radius 2 is 1.76 bits per heavy atom. The second-order valence-corrected chi connectivity index (χ2v) is 7.10. The molecule has 0 aliphatic heterocycles. The van der Waals surface area contributed by atoms with Crippen molar-refractivity contribution < 1.29 is 0 Å². The zero-order valence-corrected chi connectivity index (χ0v) is 15.5. The molecule has 0 saturated carbocycles. The Hall–Kier alpha value is -2.30. The summed E-state index contributed by atoms with van der Waals surface area (Å²) in [5.41, 5.74) is 4.94. The van der Waals surface area contributed by atoms with Crippen LogP contribution in [0.3, 0.4) is 0 Å². The molecule has 5 heteroatoms. The van der Waals surface area contributed by atoms with Gasteiger partial charge in [0.1, 0.15) is 0 Å². The van der Waals surface area contributed by atoms with Gasteiger partial charge in [0.15, 0.2) is 0 Å². The van der Waals surface area contributed by atoms with Crippen molar-refractivity contribution >= 4 is 29.1 Å². The molecule has 2 heterocycles. The van der Waals surface area contributed by atoms with Crippen molar-refractivity contribution in [2.75, 3.05) is 6.26 Å². The van der Waals surface area contributed by atoms with Gasteiger partial charge in [0.2, 0.25) is 5.78 Å². The molecule has 0 amide bonds. The first-order valence-corrected chi connectivity index (χ1v) is 9.52. The van der Waals surface area contributed by atoms with Crippen LogP contribution >= 0.6 is 23.4 Å². The molecular weight excluding hydrogens is 350 g/mol. The van der Waals surface area contributed by atoms with Crippen molar-refractivity contribution in [1.82, 2.24) is 14.4 Å². The number of aryl methyl sites for hydroxylation is 1. The van der Waals surface area contributed by atoms with Crippen LogP contribution in [0.1, 0.15) is 5.69 Å². The number of aromatic nitrogens is 3. The average Bonchev–Trinajstić information content (AvgIpc) is 3.00. The van der Waals surface area contributed by atoms with E-state index in [1.54, 1.807) is 11.8 Å². The largest absolute Gasteiger partial charge is 0.283 e. The fourth-order valence-corrected chi connectivity index (χ4v) is 3.48. The first kappa shape index (κ1) is 16.2. The van der Waals surface area contributed by atoms with Crippen LogP contribution in [0, 0.1) is 6.92 Å². The molecule has 2 aromatic carbocycles. The van der Waals surface area contributed by atoms with E-state index in [1.165, 1.54) is 4.90 Å². The van der Waals surface area contributed by atoms with Crippen LogP contribution in [-0.4, -0.2) is 20.6 Å². The van der Waals surface area contributed by atoms with Crippen molar-refractivity contribution in [3.05, 3.63) is 71.5 Å². The number of thioether (sulfide) groups is 1. The van der Waals surface area contributed by atoms with Crippen molar-refractivity contribution in [2.45, 2.75) is 11.8 Å². The summed E-state index contributed by atoms with van der Waals surface area (Å²) in [6.07, 6.45) is 4.10. The van der Waals surface area contributed by atoms with Crippen molar-refractivity contribution in [2.24, 2.45) is 0 Å². The summed E-state index contributed by atoms with van der Waals surface area (Å²) in [5.74, 6) is 0.693. The maximum Gasteiger partial charge on any atom is 0.235 e. The van der Waals surface area contributed by atoms with E-state index in [4.69, 9.17) is 16.6 Å². The normalized spacial score (nSPS) is 11.2. The number of fused-ring (bicyclic) bond motifs is 1. The molecule has 0 radical (unpaired) electrons. The lowest BCUT2D eigenvalue weighted by Gasteiger charge is -2.07. The van der Waals surface area contributed by atoms with Gasteiger partial charge in [0.25, 0.3) is 0 Å². The Balaban J connectivity index is 2.00. The third-order valence-electron chi connectivity index (χ3n) is 4.10. The second-order valence-electron chi connectivity index (χ2n) is 5.79. The van der Waals surface area contributed by atoms with Gasteiger partial charge in [-0.1, -0.05) is 35.9 Å². The van der Waals surface area contributed by atoms with Gasteiger partial charge in [0, 0.05) is 32.9 Å². The summed E-state index contributed by atoms with van der Waals surface area (Å²) in [5, 5.41) is 0.697. The molecule has 2 aromatic heterocycles. The van der Waals surface area contributed by atoms with E-state index in [1.807, 2.05) is 47.9 Å². The minimum atomic E-state index is 0.693. The van der Waals surface area contributed by atoms with E-state index in [0.717, 1.165) is 28.2 Å². The Bertz CT molecular complexity index is 1050. The van der Waals surface area contributed by atoms with E-state index in [-0.39, 0.29) is 0 Å². The second kappa shape index (κ2) is 6.54. The van der Waals surface area contributed by atoms with Crippen LogP contribution < -0.4 is 0 Å². The first-order chi connectivity index (χ1) is 12.2. The van der Waals surface area contributed by atoms with Gasteiger partial charge in [0.05, 0.1) is 11.4 Å². The minimum Gasteiger partial charge on any atom is -0.283 e. The number of benzene rings is 2. The summed E-state index contributed by atoms with van der Waals surface area (Å²) in [6.45, 7) is 1.97. The van der Waals surface area contributed by atoms with Gasteiger partial charge in [-0.25, -0.2) is 9.97 Å². The smallest absolute Gasteiger partial charge is 0.235 e. The van der Waals surface area contributed by atoms with Crippen LogP contribution in [0.25, 0.3) is 28.3 Å². The van der Waals surface area contributed by atoms with E-state index in [9.17, 15) is 0 Å². The molecule has 0 spiro atoms. The standard InChI is InChI=1S/C20H16ClN3S/c1-13-10-11-24-19(14-6-8-17(25-2)9-7-14)18(23-20(24)22-13)15-4-3-5-16(21)12-15/h3-12H,1-2H3. The van der Waals surface area contributed by atoms with Gasteiger partial charge in [-0.2, -0.15) is 0 Å². The molecule has 0 aliphatic rings. The van der Waals surface area contributed by atoms with Gasteiger partial charge < -0.3 is 0 Å². The predicted octanol–water partition coefficient (Wildman–Crippen LogP) is 5.75. The van der Waals surface area contributed by atoms with Crippen LogP contribution in [0.15, 0.2) is 65.7 Å². The number of hydrogen-bond donors (Lipinski definition) is 0. The lowest BCUT2D eigenvalue weighted by molar-refractivity contribution is 1.07. The predicted molar refractivity (Wildman–Crippen MR) is 105 cm³/mol. The highest BCUT2D eigenvalue weighted by molar-refractivity contribution is 7.98. The Labute approximate surface area is 155 Å². The lowest BCUT2D eigenvalue weighted by Crippen LogP contribution is -1.92. The van der Waals surface area contributed by atoms with E-state index in [0.29, 0.717) is 10.8 Å². The van der Waals surface area contributed by atoms with Gasteiger partial charge in [-0.05, 0) is 43.5 Å². The maximum atomic E-state index is 6.20. The van der Waals surface area contributed by atoms with Crippen LogP contribution in [0.4, 0.5) is 0 Å². The third kappa shape index (κ3) is 3.03. The average molecular weight is 366 g/mol. The molecule has 0 unspecified atom stereocenters. The van der Waals surface area contributed by atoms with E-state index < -0.39 is 0 Å². The van der Waals surface area contributed by atoms with Crippen LogP contribution in [0.2, 0.25) is 5.02 Å². The molecule has 0 aliphatic carbocycles. The van der Waals surface area contributed by atoms with Crippen molar-refractivity contribution in [3.8, 4) is 22.5 Å². The molecule has 0 bridgehead atoms. The molecule has 124 valence electrons. The summed E-state index contributed by atoms with van der Waals surface area (Å²) >= 11 is 7.93. The first-order valence-electron chi connectivity index (χ1n) is 7.92. The molecule has 0 atom stereocenters. The number of hydrogen-bond acceptors (Lipinski definition) is 3. The van der Waals surface area contributed by atoms with Gasteiger partial charge in [-0.15, -0.1) is 11.8 Å². The highest BCUT2D eigenvalue weighted by Crippen LogP contribution is 2.34. The van der Waals surface area contributed by atoms with Crippen molar-refractivity contribution in [3.63, 3.8) is 0 Å². The summed E-state index contributed by atoms with van der Waals surface area (Å²) < 4.78 is 2.04. The fraction of sp³-hybridized carbons (Fsp3) is 0.100. The maximum absolute atomic E-state index is 6.20. The van der Waals surface area contributed by atoms with Gasteiger partial charge in [-0.3, -0.25) is 4.40 Å². The molecule has 3 nitrogen and oxygen atoms in total. The van der Waals surface area contributed by atoms with Crippen LogP contribution in [0.5, 0.6) is 0 Å². The zero-order valence-electron chi connectivity index (χ0n) is 13.9. The number of halogens is 1. The Kier molecular flexibility index (Phi) is 4.24. The molecule has 0 N–H and O–H groups in total. The zero-order chi connectivity index (χ0) is 17.4. The number of nitrogens with zero attached hydrogens (tertiary/aromatic N) is 3. The lowest BCUT2D eigenvalue weighted by atomic mass is 10.0. The summed E-state index contributed by atoms with van der Waals surface area (Å²) in [6, 6.07) is 18.3. The molecule has 4 aromatic rings. The molecular formula is C20H16ClN3S. The monoisotopic (exact) mass is 365 g/mol. The molecule has 25 heavy (non-hydrogen) atoms. The van der Waals surface area contributed by atoms with E-state index in [2.05, 4.69) is 35.5 Å². The Morgan fingerprint density at radius 3 is 2.48 bits per heavy atom. The molecule has 4 rings (SSSR count). The quantitative estimate of drug-likeness (QED) is 0.433. The SMILES string of the molecule is CSc1ccc(-c2c(-c3cccc(Cl)c3)nc3nc(C)ccn23)cc1. The summed E-state index contributed by atoms with van der Waals surface area (Å²) in [4.78, 5) is 10.6.